The molecule has 0 spiro atoms. The zero-order valence-corrected chi connectivity index (χ0v) is 24.9. The Morgan fingerprint density at radius 2 is 1.56 bits per heavy atom. The predicted octanol–water partition coefficient (Wildman–Crippen LogP) is 0.986. The highest BCUT2D eigenvalue weighted by atomic mass is 16.3. The number of fused-ring (bicyclic) bond motifs is 3. The Morgan fingerprint density at radius 1 is 0.933 bits per heavy atom. The highest BCUT2D eigenvalue weighted by molar-refractivity contribution is 6.24. The fraction of sp³-hybridized carbons (Fsp3) is 0.323. The molecule has 236 valence electrons. The summed E-state index contributed by atoms with van der Waals surface area (Å²) in [5.41, 5.74) is 1.48. The molecule has 0 heterocycles. The van der Waals surface area contributed by atoms with Gasteiger partial charge in [-0.25, -0.2) is 4.79 Å². The van der Waals surface area contributed by atoms with Gasteiger partial charge in [0.2, 0.25) is 5.78 Å². The lowest BCUT2D eigenvalue weighted by molar-refractivity contribution is -0.154. The number of Topliss-reactive ketones (excluding diaryl/α,β-unsaturated/α-hetero) is 2. The van der Waals surface area contributed by atoms with Gasteiger partial charge in [0.15, 0.2) is 11.4 Å². The van der Waals surface area contributed by atoms with E-state index in [9.17, 15) is 44.4 Å². The molecular weight excluding hydrogens is 586 g/mol. The van der Waals surface area contributed by atoms with Gasteiger partial charge in [0, 0.05) is 29.0 Å². The second-order valence-electron chi connectivity index (χ2n) is 11.8. The number of hydrogen-bond donors (Lipinski definition) is 7. The molecule has 45 heavy (non-hydrogen) atoms. The van der Waals surface area contributed by atoms with E-state index in [1.54, 1.807) is 37.2 Å². The fourth-order valence-electron chi connectivity index (χ4n) is 6.90. The molecule has 0 saturated heterocycles. The van der Waals surface area contributed by atoms with Crippen LogP contribution in [0.25, 0.3) is 5.76 Å². The maximum absolute atomic E-state index is 14.2. The number of carbonyl (C=O) groups excluding carboxylic acids is 5. The summed E-state index contributed by atoms with van der Waals surface area (Å²) in [6, 6.07) is 7.95. The number of nitrogens with one attached hydrogen (secondary N) is 2. The van der Waals surface area contributed by atoms with Crippen LogP contribution in [0, 0.1) is 11.8 Å². The SMILES string of the molecule is CN(C)C1c2ccc(NC(=O)NC(=O)c3ccccc3)c(O)c2C(O)=C2C(=O)[C@]3(O)C(O)=C(C(N)=O)C(=O)[C@@H](N(C)C)C3CC21. The van der Waals surface area contributed by atoms with Crippen molar-refractivity contribution >= 4 is 40.9 Å². The van der Waals surface area contributed by atoms with Crippen molar-refractivity contribution in [2.75, 3.05) is 33.5 Å². The minimum atomic E-state index is -2.80. The molecule has 0 bridgehead atoms. The first-order chi connectivity index (χ1) is 21.1. The van der Waals surface area contributed by atoms with Crippen LogP contribution in [0.4, 0.5) is 10.5 Å². The maximum atomic E-state index is 14.2. The second kappa shape index (κ2) is 11.1. The van der Waals surface area contributed by atoms with Crippen molar-refractivity contribution in [2.24, 2.45) is 17.6 Å². The Balaban J connectivity index is 1.61. The van der Waals surface area contributed by atoms with Crippen molar-refractivity contribution < 1.29 is 44.4 Å². The molecule has 0 aliphatic heterocycles. The lowest BCUT2D eigenvalue weighted by Gasteiger charge is -2.52. The molecule has 14 nitrogen and oxygen atoms in total. The van der Waals surface area contributed by atoms with Crippen LogP contribution in [-0.4, -0.2) is 99.5 Å². The van der Waals surface area contributed by atoms with Gasteiger partial charge < -0.3 is 36.4 Å². The Morgan fingerprint density at radius 3 is 2.13 bits per heavy atom. The van der Waals surface area contributed by atoms with Gasteiger partial charge in [0.25, 0.3) is 11.8 Å². The molecule has 3 aliphatic rings. The van der Waals surface area contributed by atoms with Gasteiger partial charge in [0.05, 0.1) is 17.3 Å². The summed E-state index contributed by atoms with van der Waals surface area (Å²) < 4.78 is 0. The van der Waals surface area contributed by atoms with E-state index in [0.717, 1.165) is 0 Å². The number of nitrogens with two attached hydrogens (primary N) is 1. The number of aromatic hydroxyl groups is 1. The Kier molecular flexibility index (Phi) is 7.77. The van der Waals surface area contributed by atoms with Crippen molar-refractivity contribution in [1.82, 2.24) is 15.1 Å². The lowest BCUT2D eigenvalue weighted by atomic mass is 9.56. The number of likely N-dealkylation sites (N-methyl/N-ethyl adjacent to an activating group) is 1. The number of phenolic OH excluding ortho intramolecular Hbond substituents is 1. The van der Waals surface area contributed by atoms with Crippen LogP contribution >= 0.6 is 0 Å². The highest BCUT2D eigenvalue weighted by Gasteiger charge is 2.65. The number of amides is 4. The van der Waals surface area contributed by atoms with E-state index < -0.39 is 81.8 Å². The number of ketones is 2. The second-order valence-corrected chi connectivity index (χ2v) is 11.8. The number of urea groups is 1. The summed E-state index contributed by atoms with van der Waals surface area (Å²) in [5, 5.41) is 50.3. The van der Waals surface area contributed by atoms with Crippen LogP contribution in [0.2, 0.25) is 0 Å². The van der Waals surface area contributed by atoms with Crippen molar-refractivity contribution in [3.63, 3.8) is 0 Å². The van der Waals surface area contributed by atoms with E-state index in [4.69, 9.17) is 5.73 Å². The van der Waals surface area contributed by atoms with Crippen molar-refractivity contribution in [3.8, 4) is 5.75 Å². The lowest BCUT2D eigenvalue weighted by Crippen LogP contribution is -2.66. The topological polar surface area (TPSA) is 223 Å². The molecule has 0 radical (unpaired) electrons. The molecule has 8 N–H and O–H groups in total. The van der Waals surface area contributed by atoms with Crippen LogP contribution in [0.5, 0.6) is 5.75 Å². The maximum Gasteiger partial charge on any atom is 0.326 e. The smallest absolute Gasteiger partial charge is 0.326 e. The van der Waals surface area contributed by atoms with Crippen LogP contribution in [0.15, 0.2) is 59.4 Å². The van der Waals surface area contributed by atoms with Gasteiger partial charge in [-0.15, -0.1) is 0 Å². The first-order valence-electron chi connectivity index (χ1n) is 14.0. The van der Waals surface area contributed by atoms with Gasteiger partial charge in [0.1, 0.15) is 22.8 Å². The molecule has 0 aromatic heterocycles. The molecule has 14 heteroatoms. The summed E-state index contributed by atoms with van der Waals surface area (Å²) in [6.45, 7) is 0. The zero-order chi connectivity index (χ0) is 33.1. The van der Waals surface area contributed by atoms with Crippen LogP contribution in [-0.2, 0) is 14.4 Å². The number of anilines is 1. The largest absolute Gasteiger partial charge is 0.508 e. The molecule has 5 atom stereocenters. The third-order valence-electron chi connectivity index (χ3n) is 8.77. The number of aliphatic hydroxyl groups excluding tert-OH is 2. The van der Waals surface area contributed by atoms with Gasteiger partial charge >= 0.3 is 6.03 Å². The number of imide groups is 1. The molecule has 2 aromatic rings. The number of benzene rings is 2. The average molecular weight is 620 g/mol. The van der Waals surface area contributed by atoms with Gasteiger partial charge in [-0.3, -0.25) is 29.4 Å². The fourth-order valence-corrected chi connectivity index (χ4v) is 6.90. The predicted molar refractivity (Wildman–Crippen MR) is 160 cm³/mol. The zero-order valence-electron chi connectivity index (χ0n) is 24.9. The van der Waals surface area contributed by atoms with Crippen molar-refractivity contribution in [2.45, 2.75) is 24.1 Å². The Hall–Kier alpha value is -5.05. The van der Waals surface area contributed by atoms with Crippen LogP contribution in [0.1, 0.15) is 33.9 Å². The first kappa shape index (κ1) is 31.4. The van der Waals surface area contributed by atoms with Crippen LogP contribution < -0.4 is 16.4 Å². The molecule has 1 fully saturated rings. The molecular formula is C31H33N5O9. The number of phenols is 1. The standard InChI is InChI=1S/C31H33N5O9/c1-35(2)21-14-10-11-17(33-30(44)34-29(43)13-8-6-5-7-9-13)23(37)18(14)24(38)19-15(21)12-16-22(36(3)4)25(39)20(28(32)42)27(41)31(16,45)26(19)40/h5-11,15-16,21-22,37-38,41,45H,12H2,1-4H3,(H2,32,42)(H2,33,34,43,44)/t15?,16?,21?,22-,31-/m0/s1. The molecule has 4 amide bonds. The number of primary amides is 1. The molecule has 3 aliphatic carbocycles. The minimum Gasteiger partial charge on any atom is -0.508 e. The van der Waals surface area contributed by atoms with E-state index in [0.29, 0.717) is 5.56 Å². The normalized spacial score (nSPS) is 25.9. The van der Waals surface area contributed by atoms with Gasteiger partial charge in [-0.2, -0.15) is 0 Å². The summed E-state index contributed by atoms with van der Waals surface area (Å²) in [4.78, 5) is 68.0. The summed E-state index contributed by atoms with van der Waals surface area (Å²) in [7, 11) is 6.44. The van der Waals surface area contributed by atoms with E-state index in [2.05, 4.69) is 10.6 Å². The quantitative estimate of drug-likeness (QED) is 0.185. The van der Waals surface area contributed by atoms with E-state index in [1.807, 2.05) is 0 Å². The summed E-state index contributed by atoms with van der Waals surface area (Å²) >= 11 is 0. The van der Waals surface area contributed by atoms with Crippen molar-refractivity contribution in [1.29, 1.82) is 0 Å². The third-order valence-corrected chi connectivity index (χ3v) is 8.77. The van der Waals surface area contributed by atoms with E-state index in [1.165, 1.54) is 43.3 Å². The summed E-state index contributed by atoms with van der Waals surface area (Å²) in [5.74, 6) is -8.67. The number of carbonyl (C=O) groups is 5. The van der Waals surface area contributed by atoms with E-state index >= 15 is 0 Å². The minimum absolute atomic E-state index is 0.0978. The van der Waals surface area contributed by atoms with Crippen LogP contribution in [0.3, 0.4) is 0 Å². The first-order valence-corrected chi connectivity index (χ1v) is 14.0. The highest BCUT2D eigenvalue weighted by Crippen LogP contribution is 2.57. The molecule has 3 unspecified atom stereocenters. The molecule has 1 saturated carbocycles. The van der Waals surface area contributed by atoms with Crippen molar-refractivity contribution in [3.05, 3.63) is 76.1 Å². The number of hydrogen-bond acceptors (Lipinski definition) is 11. The molecule has 2 aromatic carbocycles. The van der Waals surface area contributed by atoms with Gasteiger partial charge in [-0.1, -0.05) is 24.3 Å². The van der Waals surface area contributed by atoms with Gasteiger partial charge in [-0.05, 0) is 58.4 Å². The number of rotatable bonds is 5. The number of nitrogens with zero attached hydrogens (tertiary/aromatic N) is 2. The number of aliphatic hydroxyl groups is 3. The third kappa shape index (κ3) is 4.74. The average Bonchev–Trinajstić information content (AvgIpc) is 2.96. The Labute approximate surface area is 257 Å². The monoisotopic (exact) mass is 619 g/mol. The molecule has 5 rings (SSSR count). The van der Waals surface area contributed by atoms with E-state index in [-0.39, 0.29) is 28.8 Å². The summed E-state index contributed by atoms with van der Waals surface area (Å²) in [6.07, 6.45) is -0.0978. The Bertz CT molecular complexity index is 1720.